The van der Waals surface area contributed by atoms with Gasteiger partial charge in [-0.3, -0.25) is 5.01 Å². The second-order valence-corrected chi connectivity index (χ2v) is 7.10. The van der Waals surface area contributed by atoms with Gasteiger partial charge in [0, 0.05) is 17.6 Å². The molecule has 0 amide bonds. The topological polar surface area (TPSA) is 58.4 Å². The van der Waals surface area contributed by atoms with E-state index in [4.69, 9.17) is 23.2 Å². The molecule has 1 aliphatic carbocycles. The van der Waals surface area contributed by atoms with Gasteiger partial charge < -0.3 is 0 Å². The molecule has 2 bridgehead atoms. The summed E-state index contributed by atoms with van der Waals surface area (Å²) in [6.07, 6.45) is 4.61. The number of hydrazine groups is 1. The standard InChI is InChI=1S/C16H13Cl2FN6/c17-10-2-1-3-11(19)12(10)13-14(18)22-16-20-7-21-25(16)15(13)24-9-5-4-8(6-9)23-24/h1-3,7-9,23H,4-6H2. The Morgan fingerprint density at radius 2 is 2.08 bits per heavy atom. The van der Waals surface area contributed by atoms with Gasteiger partial charge in [0.2, 0.25) is 0 Å². The maximum absolute atomic E-state index is 14.6. The second kappa shape index (κ2) is 5.52. The van der Waals surface area contributed by atoms with Crippen LogP contribution in [0.4, 0.5) is 10.2 Å². The molecule has 2 atom stereocenters. The fourth-order valence-electron chi connectivity index (χ4n) is 3.82. The first-order valence-corrected chi connectivity index (χ1v) is 8.78. The Morgan fingerprint density at radius 3 is 2.80 bits per heavy atom. The Hall–Kier alpha value is -1.96. The molecule has 2 aromatic heterocycles. The molecule has 6 nitrogen and oxygen atoms in total. The number of benzene rings is 1. The average molecular weight is 379 g/mol. The van der Waals surface area contributed by atoms with Gasteiger partial charge in [-0.1, -0.05) is 29.3 Å². The van der Waals surface area contributed by atoms with Gasteiger partial charge in [-0.15, -0.1) is 0 Å². The summed E-state index contributed by atoms with van der Waals surface area (Å²) in [5.74, 6) is 0.522. The molecule has 25 heavy (non-hydrogen) atoms. The molecule has 0 spiro atoms. The third kappa shape index (κ3) is 2.23. The zero-order valence-corrected chi connectivity index (χ0v) is 14.5. The van der Waals surface area contributed by atoms with Gasteiger partial charge in [0.25, 0.3) is 5.78 Å². The summed E-state index contributed by atoms with van der Waals surface area (Å²) in [7, 11) is 0. The predicted molar refractivity (Wildman–Crippen MR) is 93.2 cm³/mol. The normalized spacial score (nSPS) is 22.3. The van der Waals surface area contributed by atoms with E-state index in [-0.39, 0.29) is 15.7 Å². The van der Waals surface area contributed by atoms with Gasteiger partial charge in [-0.05, 0) is 31.4 Å². The molecule has 2 unspecified atom stereocenters. The lowest BCUT2D eigenvalue weighted by atomic mass is 10.1. The van der Waals surface area contributed by atoms with Crippen LogP contribution in [0.25, 0.3) is 16.9 Å². The van der Waals surface area contributed by atoms with Crippen LogP contribution >= 0.6 is 23.2 Å². The van der Waals surface area contributed by atoms with E-state index in [0.717, 1.165) is 19.3 Å². The Morgan fingerprint density at radius 1 is 1.20 bits per heavy atom. The predicted octanol–water partition coefficient (Wildman–Crippen LogP) is 3.48. The number of nitrogens with one attached hydrogen (secondary N) is 1. The van der Waals surface area contributed by atoms with Gasteiger partial charge in [0.05, 0.1) is 10.6 Å². The van der Waals surface area contributed by atoms with E-state index in [1.54, 1.807) is 16.6 Å². The van der Waals surface area contributed by atoms with E-state index in [2.05, 4.69) is 20.5 Å². The average Bonchev–Trinajstić information content (AvgIpc) is 3.30. The molecule has 1 N–H and O–H groups in total. The number of halogens is 3. The molecule has 3 heterocycles. The summed E-state index contributed by atoms with van der Waals surface area (Å²) >= 11 is 12.8. The first kappa shape index (κ1) is 15.3. The maximum atomic E-state index is 14.6. The van der Waals surface area contributed by atoms with Crippen molar-refractivity contribution < 1.29 is 4.39 Å². The lowest BCUT2D eigenvalue weighted by Gasteiger charge is -2.31. The molecule has 5 rings (SSSR count). The van der Waals surface area contributed by atoms with Crippen molar-refractivity contribution in [3.05, 3.63) is 40.5 Å². The number of hydrogen-bond donors (Lipinski definition) is 1. The van der Waals surface area contributed by atoms with E-state index < -0.39 is 5.82 Å². The highest BCUT2D eigenvalue weighted by Gasteiger charge is 2.41. The van der Waals surface area contributed by atoms with Crippen molar-refractivity contribution >= 4 is 34.8 Å². The molecule has 0 radical (unpaired) electrons. The summed E-state index contributed by atoms with van der Waals surface area (Å²) in [4.78, 5) is 8.39. The van der Waals surface area contributed by atoms with Crippen LogP contribution in [0.5, 0.6) is 0 Å². The minimum Gasteiger partial charge on any atom is -0.288 e. The zero-order valence-electron chi connectivity index (χ0n) is 13.0. The van der Waals surface area contributed by atoms with E-state index in [1.165, 1.54) is 12.4 Å². The molecule has 1 aromatic carbocycles. The van der Waals surface area contributed by atoms with Crippen LogP contribution < -0.4 is 10.4 Å². The molecule has 1 aliphatic heterocycles. The number of hydrogen-bond acceptors (Lipinski definition) is 5. The molecular weight excluding hydrogens is 366 g/mol. The number of anilines is 1. The quantitative estimate of drug-likeness (QED) is 0.691. The molecular formula is C16H13Cl2FN6. The monoisotopic (exact) mass is 378 g/mol. The van der Waals surface area contributed by atoms with Gasteiger partial charge in [0.1, 0.15) is 17.3 Å². The first-order chi connectivity index (χ1) is 12.1. The fraction of sp³-hybridized carbons (Fsp3) is 0.312. The van der Waals surface area contributed by atoms with Crippen molar-refractivity contribution in [2.45, 2.75) is 31.3 Å². The van der Waals surface area contributed by atoms with Gasteiger partial charge in [-0.25, -0.2) is 9.82 Å². The third-order valence-corrected chi connectivity index (χ3v) is 5.48. The van der Waals surface area contributed by atoms with Gasteiger partial charge in [0.15, 0.2) is 5.82 Å². The lowest BCUT2D eigenvalue weighted by molar-refractivity contribution is 0.496. The molecule has 2 aliphatic rings. The highest BCUT2D eigenvalue weighted by atomic mass is 35.5. The largest absolute Gasteiger partial charge is 0.288 e. The highest BCUT2D eigenvalue weighted by molar-refractivity contribution is 6.36. The van der Waals surface area contributed by atoms with Crippen LogP contribution in [0.2, 0.25) is 10.2 Å². The summed E-state index contributed by atoms with van der Waals surface area (Å²) in [5, 5.41) is 6.70. The summed E-state index contributed by atoms with van der Waals surface area (Å²) < 4.78 is 16.2. The molecule has 1 saturated carbocycles. The zero-order chi connectivity index (χ0) is 17.1. The van der Waals surface area contributed by atoms with Crippen molar-refractivity contribution in [1.29, 1.82) is 0 Å². The fourth-order valence-corrected chi connectivity index (χ4v) is 4.33. The van der Waals surface area contributed by atoms with Crippen molar-refractivity contribution in [2.75, 3.05) is 5.01 Å². The van der Waals surface area contributed by atoms with Crippen molar-refractivity contribution in [2.24, 2.45) is 0 Å². The molecule has 1 saturated heterocycles. The summed E-state index contributed by atoms with van der Waals surface area (Å²) in [6.45, 7) is 0. The Balaban J connectivity index is 1.84. The lowest BCUT2D eigenvalue weighted by Crippen LogP contribution is -2.44. The number of fused-ring (bicyclic) bond motifs is 3. The van der Waals surface area contributed by atoms with Gasteiger partial charge in [-0.2, -0.15) is 19.6 Å². The highest BCUT2D eigenvalue weighted by Crippen LogP contribution is 2.44. The Labute approximate surface area is 152 Å². The van der Waals surface area contributed by atoms with E-state index in [9.17, 15) is 4.39 Å². The third-order valence-electron chi connectivity index (χ3n) is 4.89. The van der Waals surface area contributed by atoms with Crippen LogP contribution in [0.1, 0.15) is 19.3 Å². The Bertz CT molecular complexity index is 970. The van der Waals surface area contributed by atoms with Crippen LogP contribution in [0.15, 0.2) is 24.5 Å². The van der Waals surface area contributed by atoms with Crippen LogP contribution in [0, 0.1) is 5.82 Å². The Kier molecular flexibility index (Phi) is 3.38. The van der Waals surface area contributed by atoms with Crippen molar-refractivity contribution in [1.82, 2.24) is 25.0 Å². The van der Waals surface area contributed by atoms with E-state index in [0.29, 0.717) is 29.2 Å². The van der Waals surface area contributed by atoms with Crippen LogP contribution in [0.3, 0.4) is 0 Å². The molecule has 2 fully saturated rings. The van der Waals surface area contributed by atoms with E-state index in [1.807, 2.05) is 5.01 Å². The van der Waals surface area contributed by atoms with Crippen molar-refractivity contribution in [3.63, 3.8) is 0 Å². The smallest absolute Gasteiger partial charge is 0.255 e. The van der Waals surface area contributed by atoms with Gasteiger partial charge >= 0.3 is 0 Å². The molecule has 3 aromatic rings. The maximum Gasteiger partial charge on any atom is 0.255 e. The molecule has 9 heteroatoms. The van der Waals surface area contributed by atoms with Crippen LogP contribution in [-0.4, -0.2) is 31.7 Å². The number of aromatic nitrogens is 4. The SMILES string of the molecule is Fc1cccc(Cl)c1-c1c(Cl)nc2ncnn2c1N1NC2CCC1C2. The molecule has 128 valence electrons. The van der Waals surface area contributed by atoms with Crippen LogP contribution in [-0.2, 0) is 0 Å². The number of rotatable bonds is 2. The first-order valence-electron chi connectivity index (χ1n) is 8.02. The van der Waals surface area contributed by atoms with E-state index >= 15 is 0 Å². The summed E-state index contributed by atoms with van der Waals surface area (Å²) in [5.41, 5.74) is 4.10. The second-order valence-electron chi connectivity index (χ2n) is 6.33. The van der Waals surface area contributed by atoms with Crippen molar-refractivity contribution in [3.8, 4) is 11.1 Å². The minimum atomic E-state index is -0.457. The number of nitrogens with zero attached hydrogens (tertiary/aromatic N) is 5. The minimum absolute atomic E-state index is 0.145. The summed E-state index contributed by atoms with van der Waals surface area (Å²) in [6, 6.07) is 5.25.